The SMILES string of the molecule is C=C1C=CN([C@@H]2O[C@H](CO[P@@](=O)(N[C@@H](C)C(=O)OC(C)C)Oc3ccccc3)[C@@H](OC(=O)C(F)(F)F)[C@]2(C)O)C(=O)C1. The number of benzene rings is 1. The molecule has 1 saturated heterocycles. The quantitative estimate of drug-likeness (QED) is 0.277. The van der Waals surface area contributed by atoms with Crippen molar-refractivity contribution in [3.63, 3.8) is 0 Å². The van der Waals surface area contributed by atoms with Crippen LogP contribution in [0.15, 0.2) is 54.8 Å². The number of para-hydroxylation sites is 1. The molecule has 2 N–H and O–H groups in total. The Morgan fingerprint density at radius 2 is 1.90 bits per heavy atom. The summed E-state index contributed by atoms with van der Waals surface area (Å²) in [6.07, 6.45) is -8.86. The molecule has 2 heterocycles. The topological polar surface area (TPSA) is 150 Å². The van der Waals surface area contributed by atoms with Crippen molar-refractivity contribution in [2.75, 3.05) is 6.61 Å². The predicted octanol–water partition coefficient (Wildman–Crippen LogP) is 3.37. The molecule has 3 rings (SSSR count). The van der Waals surface area contributed by atoms with E-state index >= 15 is 0 Å². The third kappa shape index (κ3) is 8.19. The highest BCUT2D eigenvalue weighted by Gasteiger charge is 2.60. The van der Waals surface area contributed by atoms with Crippen LogP contribution in [0.2, 0.25) is 0 Å². The zero-order chi connectivity index (χ0) is 31.5. The van der Waals surface area contributed by atoms with Gasteiger partial charge in [0.1, 0.15) is 23.5 Å². The molecule has 0 saturated carbocycles. The number of rotatable bonds is 11. The molecular weight excluding hydrogens is 588 g/mol. The van der Waals surface area contributed by atoms with Gasteiger partial charge in [-0.2, -0.15) is 18.3 Å². The third-order valence-electron chi connectivity index (χ3n) is 6.01. The second-order valence-corrected chi connectivity index (χ2v) is 11.8. The van der Waals surface area contributed by atoms with E-state index in [4.69, 9.17) is 18.5 Å². The van der Waals surface area contributed by atoms with Crippen LogP contribution in [0.5, 0.6) is 5.75 Å². The summed E-state index contributed by atoms with van der Waals surface area (Å²) in [6, 6.07) is 6.37. The molecule has 2 aliphatic heterocycles. The Kier molecular flexibility index (Phi) is 10.3. The number of nitrogens with one attached hydrogen (secondary N) is 1. The molecule has 1 fully saturated rings. The van der Waals surface area contributed by atoms with E-state index in [0.29, 0.717) is 5.57 Å². The summed E-state index contributed by atoms with van der Waals surface area (Å²) >= 11 is 0. The highest BCUT2D eigenvalue weighted by Crippen LogP contribution is 2.47. The molecule has 1 aromatic rings. The van der Waals surface area contributed by atoms with Crippen LogP contribution >= 0.6 is 7.75 Å². The number of hydrogen-bond donors (Lipinski definition) is 2. The van der Waals surface area contributed by atoms with Crippen molar-refractivity contribution in [3.8, 4) is 5.75 Å². The maximum atomic E-state index is 13.8. The molecule has 0 bridgehead atoms. The summed E-state index contributed by atoms with van der Waals surface area (Å²) in [7, 11) is -4.54. The van der Waals surface area contributed by atoms with Gasteiger partial charge in [0.05, 0.1) is 19.1 Å². The number of halogens is 3. The fourth-order valence-electron chi connectivity index (χ4n) is 4.07. The molecule has 16 heteroatoms. The second-order valence-electron chi connectivity index (χ2n) is 10.1. The number of amides is 1. The molecule has 0 radical (unpaired) electrons. The van der Waals surface area contributed by atoms with Gasteiger partial charge in [-0.3, -0.25) is 19.0 Å². The number of esters is 2. The van der Waals surface area contributed by atoms with Gasteiger partial charge >= 0.3 is 25.9 Å². The van der Waals surface area contributed by atoms with Crippen molar-refractivity contribution in [1.29, 1.82) is 0 Å². The number of aliphatic hydroxyl groups is 1. The van der Waals surface area contributed by atoms with Gasteiger partial charge < -0.3 is 23.8 Å². The van der Waals surface area contributed by atoms with Crippen LogP contribution in [0, 0.1) is 0 Å². The molecule has 42 heavy (non-hydrogen) atoms. The smallest absolute Gasteiger partial charge is 0.462 e. The van der Waals surface area contributed by atoms with Gasteiger partial charge in [0.15, 0.2) is 12.3 Å². The Labute approximate surface area is 240 Å². The van der Waals surface area contributed by atoms with Gasteiger partial charge in [-0.15, -0.1) is 0 Å². The molecular formula is C26H32F3N2O10P. The number of carbonyl (C=O) groups is 3. The summed E-state index contributed by atoms with van der Waals surface area (Å²) < 4.78 is 79.6. The van der Waals surface area contributed by atoms with Gasteiger partial charge in [0.25, 0.3) is 0 Å². The van der Waals surface area contributed by atoms with E-state index in [2.05, 4.69) is 16.4 Å². The number of allylic oxidation sites excluding steroid dienone is 1. The molecule has 2 aliphatic rings. The van der Waals surface area contributed by atoms with Crippen LogP contribution in [0.25, 0.3) is 0 Å². The molecule has 232 valence electrons. The van der Waals surface area contributed by atoms with E-state index in [0.717, 1.165) is 11.8 Å². The normalized spacial score (nSPS) is 26.6. The zero-order valence-electron chi connectivity index (χ0n) is 23.2. The first-order valence-corrected chi connectivity index (χ1v) is 14.3. The molecule has 6 atom stereocenters. The Balaban J connectivity index is 1.91. The summed E-state index contributed by atoms with van der Waals surface area (Å²) in [6.45, 7) is 8.31. The van der Waals surface area contributed by atoms with Gasteiger partial charge in [-0.05, 0) is 51.5 Å². The van der Waals surface area contributed by atoms with E-state index < -0.39 is 74.6 Å². The summed E-state index contributed by atoms with van der Waals surface area (Å²) in [5, 5.41) is 13.7. The van der Waals surface area contributed by atoms with Crippen LogP contribution in [0.3, 0.4) is 0 Å². The fraction of sp³-hybridized carbons (Fsp3) is 0.500. The monoisotopic (exact) mass is 620 g/mol. The van der Waals surface area contributed by atoms with E-state index in [-0.39, 0.29) is 12.2 Å². The van der Waals surface area contributed by atoms with Gasteiger partial charge in [0, 0.05) is 6.20 Å². The number of ether oxygens (including phenoxy) is 3. The largest absolute Gasteiger partial charge is 0.490 e. The molecule has 0 spiro atoms. The predicted molar refractivity (Wildman–Crippen MR) is 139 cm³/mol. The average molecular weight is 621 g/mol. The minimum absolute atomic E-state index is 0.0410. The highest BCUT2D eigenvalue weighted by atomic mass is 31.2. The molecule has 0 unspecified atom stereocenters. The molecule has 1 aromatic carbocycles. The Morgan fingerprint density at radius 1 is 1.26 bits per heavy atom. The van der Waals surface area contributed by atoms with Crippen molar-refractivity contribution >= 4 is 25.6 Å². The molecule has 0 aliphatic carbocycles. The average Bonchev–Trinajstić information content (AvgIpc) is 3.11. The molecule has 1 amide bonds. The lowest BCUT2D eigenvalue weighted by Crippen LogP contribution is -2.55. The lowest BCUT2D eigenvalue weighted by Gasteiger charge is -2.36. The number of carbonyl (C=O) groups excluding carboxylic acids is 3. The minimum atomic E-state index is -5.43. The van der Waals surface area contributed by atoms with E-state index in [1.54, 1.807) is 32.0 Å². The fourth-order valence-corrected chi connectivity index (χ4v) is 5.57. The first kappa shape index (κ1) is 33.3. The highest BCUT2D eigenvalue weighted by molar-refractivity contribution is 7.52. The Hall–Kier alpha value is -3.23. The van der Waals surface area contributed by atoms with Crippen LogP contribution < -0.4 is 9.61 Å². The van der Waals surface area contributed by atoms with E-state index in [9.17, 15) is 37.2 Å². The third-order valence-corrected chi connectivity index (χ3v) is 7.65. The summed E-state index contributed by atoms with van der Waals surface area (Å²) in [4.78, 5) is 37.7. The molecule has 12 nitrogen and oxygen atoms in total. The van der Waals surface area contributed by atoms with Gasteiger partial charge in [0.2, 0.25) is 5.91 Å². The van der Waals surface area contributed by atoms with Crippen molar-refractivity contribution in [2.45, 2.75) is 76.5 Å². The van der Waals surface area contributed by atoms with Crippen LogP contribution in [-0.4, -0.2) is 76.8 Å². The van der Waals surface area contributed by atoms with Crippen molar-refractivity contribution in [1.82, 2.24) is 9.99 Å². The lowest BCUT2D eigenvalue weighted by molar-refractivity contribution is -0.214. The standard InChI is InChI=1S/C26H32F3N2O10P/c1-15(2)38-22(33)17(4)30-42(36,41-18-9-7-6-8-10-18)37-14-19-21(40-24(34)26(27,28)29)25(5,35)23(39-19)31-12-11-16(3)13-20(31)32/h6-12,15,17,19,21,23,35H,3,13-14H2,1-2,4-5H3,(H,30,36)/t17-,19+,21+,23+,25-,42-/m0/s1. The number of alkyl halides is 3. The number of nitrogens with zero attached hydrogens (tertiary/aromatic N) is 1. The number of hydrogen-bond acceptors (Lipinski definition) is 10. The van der Waals surface area contributed by atoms with E-state index in [1.165, 1.54) is 31.3 Å². The van der Waals surface area contributed by atoms with Crippen LogP contribution in [-0.2, 0) is 37.7 Å². The summed E-state index contributed by atoms with van der Waals surface area (Å²) in [5.74, 6) is -4.01. The van der Waals surface area contributed by atoms with Gasteiger partial charge in [-0.25, -0.2) is 9.36 Å². The van der Waals surface area contributed by atoms with Crippen molar-refractivity contribution in [2.24, 2.45) is 0 Å². The summed E-state index contributed by atoms with van der Waals surface area (Å²) in [5.41, 5.74) is -1.97. The van der Waals surface area contributed by atoms with Crippen LogP contribution in [0.4, 0.5) is 13.2 Å². The zero-order valence-corrected chi connectivity index (χ0v) is 24.1. The maximum Gasteiger partial charge on any atom is 0.490 e. The Bertz CT molecular complexity index is 1250. The second kappa shape index (κ2) is 13.0. The van der Waals surface area contributed by atoms with E-state index in [1.807, 2.05) is 0 Å². The van der Waals surface area contributed by atoms with Crippen LogP contribution in [0.1, 0.15) is 34.1 Å². The van der Waals surface area contributed by atoms with Gasteiger partial charge in [-0.1, -0.05) is 24.8 Å². The Morgan fingerprint density at radius 3 is 2.48 bits per heavy atom. The first-order valence-electron chi connectivity index (χ1n) is 12.7. The first-order chi connectivity index (χ1) is 19.4. The lowest BCUT2D eigenvalue weighted by atomic mass is 9.95. The maximum absolute atomic E-state index is 13.8. The molecule has 0 aromatic heterocycles. The minimum Gasteiger partial charge on any atom is -0.462 e. The van der Waals surface area contributed by atoms with Crippen molar-refractivity contribution in [3.05, 3.63) is 54.8 Å². The van der Waals surface area contributed by atoms with Crippen molar-refractivity contribution < 1.29 is 60.5 Å².